The largest absolute Gasteiger partial charge is 0.352 e. The summed E-state index contributed by atoms with van der Waals surface area (Å²) < 4.78 is 28.0. The van der Waals surface area contributed by atoms with E-state index >= 15 is 0 Å². The van der Waals surface area contributed by atoms with Crippen LogP contribution in [0.1, 0.15) is 52.0 Å². The standard InChI is InChI=1S/C30H37N3O4S/c1-4-22(3)31-30(35)25(5-2)32(21-19-23-12-7-6-8-13-23)28(34)18-11-20-33-26-16-9-14-24-15-10-17-27(29(24)26)38(33,36)37/h6-10,12-17,22,25H,4-5,11,18-21H2,1-3H3,(H,31,35)/t22-,25-/m1/s1. The number of hydrogen-bond acceptors (Lipinski definition) is 4. The van der Waals surface area contributed by atoms with Gasteiger partial charge in [0.05, 0.1) is 10.6 Å². The number of carbonyl (C=O) groups excluding carboxylic acids is 2. The van der Waals surface area contributed by atoms with Gasteiger partial charge < -0.3 is 10.2 Å². The van der Waals surface area contributed by atoms with E-state index in [0.29, 0.717) is 36.4 Å². The van der Waals surface area contributed by atoms with Crippen LogP contribution in [0, 0.1) is 0 Å². The predicted octanol–water partition coefficient (Wildman–Crippen LogP) is 4.89. The van der Waals surface area contributed by atoms with Crippen LogP contribution in [0.5, 0.6) is 0 Å². The van der Waals surface area contributed by atoms with Gasteiger partial charge in [0.25, 0.3) is 10.0 Å². The SMILES string of the molecule is CC[C@@H](C)NC(=O)[C@@H](CC)N(CCc1ccccc1)C(=O)CCCN1c2cccc3cccc(c23)S1(=O)=O. The highest BCUT2D eigenvalue weighted by molar-refractivity contribution is 7.93. The molecule has 2 amide bonds. The molecule has 0 saturated carbocycles. The molecular formula is C30H37N3O4S. The van der Waals surface area contributed by atoms with Crippen molar-refractivity contribution in [2.75, 3.05) is 17.4 Å². The number of anilines is 1. The molecule has 0 radical (unpaired) electrons. The van der Waals surface area contributed by atoms with Crippen molar-refractivity contribution < 1.29 is 18.0 Å². The second-order valence-corrected chi connectivity index (χ2v) is 11.7. The minimum absolute atomic E-state index is 0.0207. The zero-order valence-corrected chi connectivity index (χ0v) is 23.2. The summed E-state index contributed by atoms with van der Waals surface area (Å²) in [5, 5.41) is 4.64. The smallest absolute Gasteiger partial charge is 0.265 e. The number of carbonyl (C=O) groups is 2. The van der Waals surface area contributed by atoms with Crippen LogP contribution in [0.15, 0.2) is 71.6 Å². The molecule has 202 valence electrons. The van der Waals surface area contributed by atoms with Gasteiger partial charge >= 0.3 is 0 Å². The highest BCUT2D eigenvalue weighted by Crippen LogP contribution is 2.42. The van der Waals surface area contributed by atoms with Gasteiger partial charge in [-0.2, -0.15) is 0 Å². The first-order valence-electron chi connectivity index (χ1n) is 13.5. The molecule has 1 heterocycles. The lowest BCUT2D eigenvalue weighted by Crippen LogP contribution is -2.51. The number of nitrogens with one attached hydrogen (secondary N) is 1. The van der Waals surface area contributed by atoms with E-state index in [1.165, 1.54) is 4.31 Å². The Morgan fingerprint density at radius 2 is 1.66 bits per heavy atom. The lowest BCUT2D eigenvalue weighted by molar-refractivity contribution is -0.141. The molecule has 4 rings (SSSR count). The second-order valence-electron chi connectivity index (χ2n) is 9.88. The molecule has 0 bridgehead atoms. The highest BCUT2D eigenvalue weighted by atomic mass is 32.2. The fraction of sp³-hybridized carbons (Fsp3) is 0.400. The van der Waals surface area contributed by atoms with E-state index < -0.39 is 16.1 Å². The van der Waals surface area contributed by atoms with Crippen molar-refractivity contribution >= 4 is 38.3 Å². The zero-order valence-electron chi connectivity index (χ0n) is 22.4. The molecule has 38 heavy (non-hydrogen) atoms. The first-order valence-corrected chi connectivity index (χ1v) is 14.9. The summed E-state index contributed by atoms with van der Waals surface area (Å²) in [7, 11) is -3.67. The Labute approximate surface area is 225 Å². The van der Waals surface area contributed by atoms with E-state index in [0.717, 1.165) is 22.8 Å². The molecular weight excluding hydrogens is 498 g/mol. The van der Waals surface area contributed by atoms with Crippen molar-refractivity contribution in [1.29, 1.82) is 0 Å². The molecule has 7 nitrogen and oxygen atoms in total. The molecule has 0 aromatic heterocycles. The van der Waals surface area contributed by atoms with E-state index in [-0.39, 0.29) is 30.8 Å². The summed E-state index contributed by atoms with van der Waals surface area (Å²) in [6, 6.07) is 20.2. The van der Waals surface area contributed by atoms with Gasteiger partial charge in [-0.15, -0.1) is 0 Å². The molecule has 3 aromatic rings. The van der Waals surface area contributed by atoms with Crippen molar-refractivity contribution in [3.8, 4) is 0 Å². The van der Waals surface area contributed by atoms with Crippen molar-refractivity contribution in [2.24, 2.45) is 0 Å². The summed E-state index contributed by atoms with van der Waals surface area (Å²) in [4.78, 5) is 28.6. The monoisotopic (exact) mass is 535 g/mol. The van der Waals surface area contributed by atoms with Crippen LogP contribution in [0.4, 0.5) is 5.69 Å². The van der Waals surface area contributed by atoms with Crippen LogP contribution in [-0.2, 0) is 26.0 Å². The zero-order chi connectivity index (χ0) is 27.3. The Morgan fingerprint density at radius 1 is 0.947 bits per heavy atom. The lowest BCUT2D eigenvalue weighted by atomic mass is 10.1. The van der Waals surface area contributed by atoms with E-state index in [1.807, 2.05) is 75.4 Å². The van der Waals surface area contributed by atoms with E-state index in [9.17, 15) is 18.0 Å². The van der Waals surface area contributed by atoms with E-state index in [2.05, 4.69) is 5.32 Å². The fourth-order valence-corrected chi connectivity index (χ4v) is 6.80. The molecule has 8 heteroatoms. The first kappa shape index (κ1) is 27.6. The molecule has 1 aliphatic rings. The minimum atomic E-state index is -3.67. The number of rotatable bonds is 12. The summed E-state index contributed by atoms with van der Waals surface area (Å²) in [5.41, 5.74) is 1.75. The molecule has 3 aromatic carbocycles. The summed E-state index contributed by atoms with van der Waals surface area (Å²) >= 11 is 0. The Bertz CT molecular complexity index is 1390. The van der Waals surface area contributed by atoms with Crippen LogP contribution < -0.4 is 9.62 Å². The molecule has 0 spiro atoms. The van der Waals surface area contributed by atoms with Crippen molar-refractivity contribution in [3.05, 3.63) is 72.3 Å². The lowest BCUT2D eigenvalue weighted by Gasteiger charge is -2.31. The number of amides is 2. The first-order chi connectivity index (χ1) is 18.3. The normalized spacial score (nSPS) is 15.3. The second kappa shape index (κ2) is 12.0. The summed E-state index contributed by atoms with van der Waals surface area (Å²) in [6.45, 7) is 6.50. The van der Waals surface area contributed by atoms with Gasteiger partial charge in [0.2, 0.25) is 11.8 Å². The maximum atomic E-state index is 13.5. The predicted molar refractivity (Wildman–Crippen MR) is 152 cm³/mol. The van der Waals surface area contributed by atoms with Crippen molar-refractivity contribution in [1.82, 2.24) is 10.2 Å². The molecule has 0 unspecified atom stereocenters. The third-order valence-electron chi connectivity index (χ3n) is 7.30. The van der Waals surface area contributed by atoms with Gasteiger partial charge in [0.15, 0.2) is 0 Å². The Kier molecular flexibility index (Phi) is 8.72. The maximum absolute atomic E-state index is 13.5. The van der Waals surface area contributed by atoms with Crippen LogP contribution in [0.3, 0.4) is 0 Å². The van der Waals surface area contributed by atoms with Gasteiger partial charge in [-0.1, -0.05) is 68.4 Å². The fourth-order valence-electron chi connectivity index (χ4n) is 5.05. The molecule has 1 aliphatic heterocycles. The minimum Gasteiger partial charge on any atom is -0.352 e. The Balaban J connectivity index is 1.48. The van der Waals surface area contributed by atoms with E-state index in [4.69, 9.17) is 0 Å². The summed E-state index contributed by atoms with van der Waals surface area (Å²) in [6.07, 6.45) is 2.45. The average molecular weight is 536 g/mol. The topological polar surface area (TPSA) is 86.8 Å². The number of sulfonamides is 1. The van der Waals surface area contributed by atoms with Crippen LogP contribution in [0.25, 0.3) is 10.8 Å². The Morgan fingerprint density at radius 3 is 2.34 bits per heavy atom. The Hall–Kier alpha value is -3.39. The molecule has 0 fully saturated rings. The maximum Gasteiger partial charge on any atom is 0.265 e. The highest BCUT2D eigenvalue weighted by Gasteiger charge is 2.35. The number of benzene rings is 3. The van der Waals surface area contributed by atoms with Gasteiger partial charge in [-0.3, -0.25) is 13.9 Å². The van der Waals surface area contributed by atoms with Gasteiger partial charge in [-0.05, 0) is 55.7 Å². The van der Waals surface area contributed by atoms with Crippen LogP contribution in [-0.4, -0.2) is 50.3 Å². The average Bonchev–Trinajstić information content (AvgIpc) is 3.14. The van der Waals surface area contributed by atoms with Crippen LogP contribution in [0.2, 0.25) is 0 Å². The molecule has 0 aliphatic carbocycles. The van der Waals surface area contributed by atoms with Gasteiger partial charge in [0, 0.05) is 30.9 Å². The van der Waals surface area contributed by atoms with Gasteiger partial charge in [-0.25, -0.2) is 8.42 Å². The third-order valence-corrected chi connectivity index (χ3v) is 9.16. The third kappa shape index (κ3) is 5.70. The quantitative estimate of drug-likeness (QED) is 0.358. The van der Waals surface area contributed by atoms with Crippen molar-refractivity contribution in [2.45, 2.75) is 69.9 Å². The van der Waals surface area contributed by atoms with E-state index in [1.54, 1.807) is 17.0 Å². The van der Waals surface area contributed by atoms with Crippen molar-refractivity contribution in [3.63, 3.8) is 0 Å². The molecule has 0 saturated heterocycles. The van der Waals surface area contributed by atoms with Gasteiger partial charge in [0.1, 0.15) is 6.04 Å². The number of hydrogen-bond donors (Lipinski definition) is 1. The molecule has 2 atom stereocenters. The number of nitrogens with zero attached hydrogens (tertiary/aromatic N) is 2. The van der Waals surface area contributed by atoms with Crippen LogP contribution >= 0.6 is 0 Å². The molecule has 1 N–H and O–H groups in total. The summed E-state index contributed by atoms with van der Waals surface area (Å²) in [5.74, 6) is -0.285.